The highest BCUT2D eigenvalue weighted by atomic mass is 35.5. The molecule has 5 rings (SSSR count). The van der Waals surface area contributed by atoms with E-state index in [4.69, 9.17) is 22.3 Å². The molecule has 0 bridgehead atoms. The van der Waals surface area contributed by atoms with Crippen molar-refractivity contribution in [3.8, 4) is 11.4 Å². The normalized spacial score (nSPS) is 11.3. The molecule has 2 N–H and O–H groups in total. The molecule has 0 unspecified atom stereocenters. The van der Waals surface area contributed by atoms with Crippen LogP contribution in [0.15, 0.2) is 89.7 Å². The van der Waals surface area contributed by atoms with Crippen molar-refractivity contribution in [1.29, 1.82) is 0 Å². The van der Waals surface area contributed by atoms with Crippen molar-refractivity contribution in [3.63, 3.8) is 0 Å². The zero-order chi connectivity index (χ0) is 21.4. The molecule has 1 aromatic heterocycles. The number of aromatic nitrogens is 2. The van der Waals surface area contributed by atoms with Gasteiger partial charge in [0, 0.05) is 17.1 Å². The maximum atomic E-state index is 13.5. The highest BCUT2D eigenvalue weighted by Crippen LogP contribution is 2.25. The predicted octanol–water partition coefficient (Wildman–Crippen LogP) is 5.38. The fourth-order valence-electron chi connectivity index (χ4n) is 3.93. The van der Waals surface area contributed by atoms with Gasteiger partial charge in [0.25, 0.3) is 5.56 Å². The second-order valence-electron chi connectivity index (χ2n) is 7.57. The molecule has 0 fully saturated rings. The third-order valence-electron chi connectivity index (χ3n) is 5.49. The van der Waals surface area contributed by atoms with Gasteiger partial charge >= 0.3 is 0 Å². The minimum atomic E-state index is -0.117. The summed E-state index contributed by atoms with van der Waals surface area (Å²) in [6, 6.07) is 27.5. The Bertz CT molecular complexity index is 1490. The average molecular weight is 426 g/mol. The van der Waals surface area contributed by atoms with E-state index in [2.05, 4.69) is 24.3 Å². The monoisotopic (exact) mass is 425 g/mol. The Labute approximate surface area is 184 Å². The van der Waals surface area contributed by atoms with Crippen LogP contribution in [0.4, 0.5) is 0 Å². The van der Waals surface area contributed by atoms with Crippen LogP contribution in [-0.4, -0.2) is 9.55 Å². The van der Waals surface area contributed by atoms with Crippen LogP contribution in [0.5, 0.6) is 0 Å². The van der Waals surface area contributed by atoms with Crippen LogP contribution in [0.2, 0.25) is 5.02 Å². The van der Waals surface area contributed by atoms with Gasteiger partial charge in [-0.05, 0) is 46.2 Å². The molecule has 31 heavy (non-hydrogen) atoms. The summed E-state index contributed by atoms with van der Waals surface area (Å²) in [5.74, 6) is 0.628. The Morgan fingerprint density at radius 3 is 2.48 bits per heavy atom. The molecule has 1 heterocycles. The van der Waals surface area contributed by atoms with E-state index in [1.54, 1.807) is 22.8 Å². The van der Waals surface area contributed by atoms with Gasteiger partial charge in [0.2, 0.25) is 0 Å². The van der Waals surface area contributed by atoms with Crippen LogP contribution in [0.3, 0.4) is 0 Å². The Morgan fingerprint density at radius 2 is 1.65 bits per heavy atom. The summed E-state index contributed by atoms with van der Waals surface area (Å²) >= 11 is 6.18. The van der Waals surface area contributed by atoms with E-state index < -0.39 is 0 Å². The van der Waals surface area contributed by atoms with E-state index in [1.807, 2.05) is 42.5 Å². The first-order valence-electron chi connectivity index (χ1n) is 10.1. The molecule has 0 aliphatic carbocycles. The molecule has 0 aliphatic rings. The summed E-state index contributed by atoms with van der Waals surface area (Å²) < 4.78 is 1.72. The average Bonchev–Trinajstić information content (AvgIpc) is 2.81. The SMILES string of the molecule is NCc1cccc(Cn2c(-c3ccc4ccccc4c3)nc3ccc(Cl)cc3c2=O)c1. The molecular weight excluding hydrogens is 406 g/mol. The number of rotatable bonds is 4. The molecule has 0 saturated carbocycles. The van der Waals surface area contributed by atoms with Crippen molar-refractivity contribution in [2.45, 2.75) is 13.1 Å². The summed E-state index contributed by atoms with van der Waals surface area (Å²) in [6.07, 6.45) is 0. The molecule has 5 heteroatoms. The first kappa shape index (κ1) is 19.5. The molecule has 0 aliphatic heterocycles. The number of hydrogen-bond acceptors (Lipinski definition) is 3. The highest BCUT2D eigenvalue weighted by molar-refractivity contribution is 6.31. The molecule has 152 valence electrons. The zero-order valence-corrected chi connectivity index (χ0v) is 17.5. The van der Waals surface area contributed by atoms with Gasteiger partial charge < -0.3 is 5.73 Å². The predicted molar refractivity (Wildman–Crippen MR) is 127 cm³/mol. The lowest BCUT2D eigenvalue weighted by Crippen LogP contribution is -2.24. The van der Waals surface area contributed by atoms with Gasteiger partial charge in [-0.1, -0.05) is 72.3 Å². The van der Waals surface area contributed by atoms with Gasteiger partial charge in [-0.15, -0.1) is 0 Å². The molecule has 5 aromatic rings. The third-order valence-corrected chi connectivity index (χ3v) is 5.73. The van der Waals surface area contributed by atoms with Crippen molar-refractivity contribution >= 4 is 33.3 Å². The van der Waals surface area contributed by atoms with E-state index in [0.717, 1.165) is 27.5 Å². The maximum absolute atomic E-state index is 13.5. The fraction of sp³-hybridized carbons (Fsp3) is 0.0769. The second kappa shape index (κ2) is 7.99. The summed E-state index contributed by atoms with van der Waals surface area (Å²) in [4.78, 5) is 18.4. The largest absolute Gasteiger partial charge is 0.326 e. The second-order valence-corrected chi connectivity index (χ2v) is 8.01. The van der Waals surface area contributed by atoms with Crippen LogP contribution in [0.1, 0.15) is 11.1 Å². The molecule has 0 amide bonds. The Morgan fingerprint density at radius 1 is 0.839 bits per heavy atom. The lowest BCUT2D eigenvalue weighted by atomic mass is 10.1. The van der Waals surface area contributed by atoms with Gasteiger partial charge in [-0.25, -0.2) is 4.98 Å². The quantitative estimate of drug-likeness (QED) is 0.420. The fourth-order valence-corrected chi connectivity index (χ4v) is 4.10. The minimum Gasteiger partial charge on any atom is -0.326 e. The standard InChI is InChI=1S/C26H20ClN3O/c27-22-10-11-24-23(14-22)26(31)30(16-18-5-3-4-17(12-18)15-28)25(29-24)21-9-8-19-6-1-2-7-20(19)13-21/h1-14H,15-16,28H2. The Balaban J connectivity index is 1.76. The van der Waals surface area contributed by atoms with E-state index in [-0.39, 0.29) is 5.56 Å². The summed E-state index contributed by atoms with van der Waals surface area (Å²) in [6.45, 7) is 0.843. The first-order valence-corrected chi connectivity index (χ1v) is 10.5. The number of nitrogens with zero attached hydrogens (tertiary/aromatic N) is 2. The van der Waals surface area contributed by atoms with E-state index >= 15 is 0 Å². The maximum Gasteiger partial charge on any atom is 0.262 e. The van der Waals surface area contributed by atoms with Crippen molar-refractivity contribution in [1.82, 2.24) is 9.55 Å². The van der Waals surface area contributed by atoms with Gasteiger partial charge in [0.15, 0.2) is 0 Å². The molecule has 4 nitrogen and oxygen atoms in total. The minimum absolute atomic E-state index is 0.117. The molecule has 0 radical (unpaired) electrons. The zero-order valence-electron chi connectivity index (χ0n) is 16.8. The summed E-state index contributed by atoms with van der Waals surface area (Å²) in [5, 5.41) is 3.26. The van der Waals surface area contributed by atoms with E-state index in [1.165, 1.54) is 0 Å². The molecule has 0 atom stereocenters. The van der Waals surface area contributed by atoms with E-state index in [0.29, 0.717) is 34.8 Å². The van der Waals surface area contributed by atoms with Crippen LogP contribution in [0.25, 0.3) is 33.1 Å². The Kier molecular flexibility index (Phi) is 5.02. The topological polar surface area (TPSA) is 60.9 Å². The molecular formula is C26H20ClN3O. The lowest BCUT2D eigenvalue weighted by Gasteiger charge is -2.15. The molecule has 4 aromatic carbocycles. The van der Waals surface area contributed by atoms with Gasteiger partial charge in [0.05, 0.1) is 17.4 Å². The number of halogens is 1. The number of hydrogen-bond donors (Lipinski definition) is 1. The van der Waals surface area contributed by atoms with Gasteiger partial charge in [-0.2, -0.15) is 0 Å². The van der Waals surface area contributed by atoms with Crippen LogP contribution in [0, 0.1) is 0 Å². The van der Waals surface area contributed by atoms with Crippen molar-refractivity contribution < 1.29 is 0 Å². The van der Waals surface area contributed by atoms with Crippen LogP contribution >= 0.6 is 11.6 Å². The van der Waals surface area contributed by atoms with Crippen molar-refractivity contribution in [3.05, 3.63) is 111 Å². The summed E-state index contributed by atoms with van der Waals surface area (Å²) in [5.41, 5.74) is 9.23. The number of nitrogens with two attached hydrogens (primary N) is 1. The van der Waals surface area contributed by atoms with Crippen LogP contribution in [-0.2, 0) is 13.1 Å². The highest BCUT2D eigenvalue weighted by Gasteiger charge is 2.14. The number of benzene rings is 4. The lowest BCUT2D eigenvalue weighted by molar-refractivity contribution is 0.758. The van der Waals surface area contributed by atoms with Gasteiger partial charge in [-0.3, -0.25) is 9.36 Å². The first-order chi connectivity index (χ1) is 15.1. The van der Waals surface area contributed by atoms with E-state index in [9.17, 15) is 4.79 Å². The Hall–Kier alpha value is -3.47. The molecule has 0 saturated heterocycles. The smallest absolute Gasteiger partial charge is 0.262 e. The van der Waals surface area contributed by atoms with Gasteiger partial charge in [0.1, 0.15) is 5.82 Å². The van der Waals surface area contributed by atoms with Crippen LogP contribution < -0.4 is 11.3 Å². The van der Waals surface area contributed by atoms with Crippen molar-refractivity contribution in [2.24, 2.45) is 5.73 Å². The summed E-state index contributed by atoms with van der Waals surface area (Å²) in [7, 11) is 0. The molecule has 0 spiro atoms. The van der Waals surface area contributed by atoms with Crippen molar-refractivity contribution in [2.75, 3.05) is 0 Å². The third kappa shape index (κ3) is 3.72. The number of fused-ring (bicyclic) bond motifs is 2.